The van der Waals surface area contributed by atoms with Gasteiger partial charge in [-0.2, -0.15) is 8.42 Å². The third kappa shape index (κ3) is 8.03. The van der Waals surface area contributed by atoms with Gasteiger partial charge < -0.3 is 20.7 Å². The number of nitrogens with two attached hydrogens (primary N) is 1. The van der Waals surface area contributed by atoms with Crippen LogP contribution in [-0.4, -0.2) is 35.2 Å². The Morgan fingerprint density at radius 2 is 1.56 bits per heavy atom. The second-order valence-corrected chi connectivity index (χ2v) is 8.44. The molecule has 0 aliphatic heterocycles. The molecular formula is C23H25NO7S. The lowest BCUT2D eigenvalue weighted by molar-refractivity contribution is -0.146. The van der Waals surface area contributed by atoms with E-state index in [4.69, 9.17) is 15.0 Å². The summed E-state index contributed by atoms with van der Waals surface area (Å²) < 4.78 is 34.7. The van der Waals surface area contributed by atoms with Gasteiger partial charge in [-0.1, -0.05) is 54.1 Å². The molecule has 0 saturated carbocycles. The molecule has 1 unspecified atom stereocenters. The maximum Gasteiger partial charge on any atom is 0.323 e. The molecule has 0 aliphatic carbocycles. The maximum absolute atomic E-state index is 11.8. The number of phenols is 2. The highest BCUT2D eigenvalue weighted by Gasteiger charge is 2.16. The van der Waals surface area contributed by atoms with Crippen molar-refractivity contribution in [2.45, 2.75) is 30.9 Å². The number of rotatable bonds is 6. The summed E-state index contributed by atoms with van der Waals surface area (Å²) in [7, 11) is -4.02. The van der Waals surface area contributed by atoms with E-state index in [0.717, 1.165) is 11.1 Å². The molecule has 32 heavy (non-hydrogen) atoms. The molecule has 0 aliphatic rings. The molecule has 0 bridgehead atoms. The van der Waals surface area contributed by atoms with Gasteiger partial charge in [-0.25, -0.2) is 0 Å². The summed E-state index contributed by atoms with van der Waals surface area (Å²) in [6.45, 7) is 2.02. The molecule has 5 N–H and O–H groups in total. The van der Waals surface area contributed by atoms with E-state index < -0.39 is 22.1 Å². The molecule has 3 aromatic rings. The topological polar surface area (TPSA) is 147 Å². The van der Waals surface area contributed by atoms with Crippen molar-refractivity contribution in [3.63, 3.8) is 0 Å². The van der Waals surface area contributed by atoms with E-state index in [2.05, 4.69) is 0 Å². The van der Waals surface area contributed by atoms with Crippen LogP contribution >= 0.6 is 0 Å². The fourth-order valence-corrected chi connectivity index (χ4v) is 3.06. The molecule has 0 saturated heterocycles. The molecule has 0 amide bonds. The van der Waals surface area contributed by atoms with Crippen LogP contribution in [0.25, 0.3) is 0 Å². The number of esters is 1. The van der Waals surface area contributed by atoms with Crippen LogP contribution in [0.3, 0.4) is 0 Å². The minimum Gasteiger partial charge on any atom is -0.504 e. The molecule has 0 fully saturated rings. The quantitative estimate of drug-likeness (QED) is 0.250. The Morgan fingerprint density at radius 3 is 2.12 bits per heavy atom. The lowest BCUT2D eigenvalue weighted by Gasteiger charge is -2.12. The van der Waals surface area contributed by atoms with Crippen LogP contribution in [0.4, 0.5) is 0 Å². The number of aromatic hydroxyl groups is 2. The number of ether oxygens (including phenoxy) is 1. The van der Waals surface area contributed by atoms with Gasteiger partial charge in [0.2, 0.25) is 0 Å². The molecule has 0 aromatic heterocycles. The van der Waals surface area contributed by atoms with Gasteiger partial charge in [0.05, 0.1) is 4.90 Å². The van der Waals surface area contributed by atoms with Crippen LogP contribution in [0, 0.1) is 6.92 Å². The van der Waals surface area contributed by atoms with Crippen molar-refractivity contribution in [1.29, 1.82) is 0 Å². The number of carbonyl (C=O) groups excluding carboxylic acids is 1. The summed E-state index contributed by atoms with van der Waals surface area (Å²) in [5.74, 6) is -0.956. The van der Waals surface area contributed by atoms with Gasteiger partial charge in [0.15, 0.2) is 11.5 Å². The lowest BCUT2D eigenvalue weighted by Crippen LogP contribution is -2.34. The summed E-state index contributed by atoms with van der Waals surface area (Å²) in [4.78, 5) is 11.7. The van der Waals surface area contributed by atoms with Crippen molar-refractivity contribution in [2.75, 3.05) is 0 Å². The number of hydrogen-bond donors (Lipinski definition) is 4. The van der Waals surface area contributed by atoms with Crippen molar-refractivity contribution >= 4 is 16.1 Å². The smallest absolute Gasteiger partial charge is 0.323 e. The summed E-state index contributed by atoms with van der Waals surface area (Å²) in [6.07, 6.45) is 0.224. The number of carbonyl (C=O) groups is 1. The van der Waals surface area contributed by atoms with Crippen molar-refractivity contribution in [3.8, 4) is 11.5 Å². The van der Waals surface area contributed by atoms with E-state index in [-0.39, 0.29) is 29.4 Å². The average molecular weight is 460 g/mol. The van der Waals surface area contributed by atoms with Gasteiger partial charge in [0.1, 0.15) is 12.6 Å². The zero-order chi connectivity index (χ0) is 23.7. The Hall–Kier alpha value is -3.40. The van der Waals surface area contributed by atoms with Crippen LogP contribution in [0.15, 0.2) is 77.7 Å². The Labute approximate surface area is 186 Å². The van der Waals surface area contributed by atoms with Crippen molar-refractivity contribution in [2.24, 2.45) is 5.73 Å². The first kappa shape index (κ1) is 24.9. The monoisotopic (exact) mass is 459 g/mol. The van der Waals surface area contributed by atoms with Crippen molar-refractivity contribution in [1.82, 2.24) is 0 Å². The maximum atomic E-state index is 11.8. The fourth-order valence-electron chi connectivity index (χ4n) is 2.58. The first-order chi connectivity index (χ1) is 15.1. The van der Waals surface area contributed by atoms with Gasteiger partial charge in [-0.05, 0) is 48.7 Å². The first-order valence-corrected chi connectivity index (χ1v) is 11.0. The minimum atomic E-state index is -4.02. The van der Waals surface area contributed by atoms with Crippen LogP contribution < -0.4 is 5.73 Å². The Kier molecular flexibility index (Phi) is 8.77. The molecule has 0 spiro atoms. The molecule has 3 rings (SSSR count). The second kappa shape index (κ2) is 11.3. The van der Waals surface area contributed by atoms with E-state index in [1.807, 2.05) is 37.3 Å². The second-order valence-electron chi connectivity index (χ2n) is 7.02. The summed E-state index contributed by atoms with van der Waals surface area (Å²) in [6, 6.07) is 18.8. The van der Waals surface area contributed by atoms with Crippen LogP contribution in [-0.2, 0) is 32.7 Å². The fraction of sp³-hybridized carbons (Fsp3) is 0.174. The summed E-state index contributed by atoms with van der Waals surface area (Å²) >= 11 is 0. The summed E-state index contributed by atoms with van der Waals surface area (Å²) in [5.41, 5.74) is 8.28. The van der Waals surface area contributed by atoms with E-state index >= 15 is 0 Å². The number of hydrogen-bond acceptors (Lipinski definition) is 7. The van der Waals surface area contributed by atoms with Gasteiger partial charge >= 0.3 is 5.97 Å². The highest BCUT2D eigenvalue weighted by atomic mass is 32.2. The molecular weight excluding hydrogens is 434 g/mol. The zero-order valence-corrected chi connectivity index (χ0v) is 18.2. The normalized spacial score (nSPS) is 11.7. The van der Waals surface area contributed by atoms with Crippen molar-refractivity contribution < 1.29 is 32.7 Å². The van der Waals surface area contributed by atoms with E-state index in [0.29, 0.717) is 5.56 Å². The standard InChI is InChI=1S/C16H17NO4.C7H8O3S/c17-13(8-12-6-7-14(18)15(19)9-12)16(20)21-10-11-4-2-1-3-5-11;1-6-2-4-7(5-3-6)11(8,9)10/h1-7,9,13,18-19H,8,10,17H2;2-5H,1H3,(H,8,9,10). The largest absolute Gasteiger partial charge is 0.504 e. The van der Waals surface area contributed by atoms with Gasteiger partial charge in [-0.15, -0.1) is 0 Å². The lowest BCUT2D eigenvalue weighted by atomic mass is 10.1. The molecule has 0 heterocycles. The third-order valence-electron chi connectivity index (χ3n) is 4.34. The van der Waals surface area contributed by atoms with Crippen LogP contribution in [0.5, 0.6) is 11.5 Å². The van der Waals surface area contributed by atoms with E-state index in [9.17, 15) is 23.4 Å². The molecule has 1 atom stereocenters. The Balaban J connectivity index is 0.000000278. The van der Waals surface area contributed by atoms with E-state index in [1.54, 1.807) is 18.2 Å². The number of phenolic OH excluding ortho intramolecular Hbond substituents is 2. The number of benzene rings is 3. The van der Waals surface area contributed by atoms with E-state index in [1.165, 1.54) is 24.3 Å². The predicted molar refractivity (Wildman–Crippen MR) is 119 cm³/mol. The molecule has 9 heteroatoms. The van der Waals surface area contributed by atoms with Crippen molar-refractivity contribution in [3.05, 3.63) is 89.5 Å². The summed E-state index contributed by atoms with van der Waals surface area (Å²) in [5, 5.41) is 18.6. The average Bonchev–Trinajstić information content (AvgIpc) is 2.75. The van der Waals surface area contributed by atoms with Gasteiger partial charge in [-0.3, -0.25) is 9.35 Å². The van der Waals surface area contributed by atoms with Crippen LogP contribution in [0.1, 0.15) is 16.7 Å². The molecule has 170 valence electrons. The highest BCUT2D eigenvalue weighted by Crippen LogP contribution is 2.25. The minimum absolute atomic E-state index is 0.0666. The number of aryl methyl sites for hydroxylation is 1. The van der Waals surface area contributed by atoms with Gasteiger partial charge in [0, 0.05) is 0 Å². The van der Waals surface area contributed by atoms with Crippen LogP contribution in [0.2, 0.25) is 0 Å². The zero-order valence-electron chi connectivity index (χ0n) is 17.4. The Bertz CT molecular complexity index is 1130. The Morgan fingerprint density at radius 1 is 0.938 bits per heavy atom. The highest BCUT2D eigenvalue weighted by molar-refractivity contribution is 7.85. The molecule has 0 radical (unpaired) electrons. The molecule has 3 aromatic carbocycles. The third-order valence-corrected chi connectivity index (χ3v) is 5.21. The first-order valence-electron chi connectivity index (χ1n) is 9.57. The predicted octanol–water partition coefficient (Wildman–Crippen LogP) is 2.95. The SMILES string of the molecule is Cc1ccc(S(=O)(=O)O)cc1.NC(Cc1ccc(O)c(O)c1)C(=O)OCc1ccccc1. The van der Waals surface area contributed by atoms with Gasteiger partial charge in [0.25, 0.3) is 10.1 Å². The molecule has 8 nitrogen and oxygen atoms in total.